The third-order valence-electron chi connectivity index (χ3n) is 5.71. The van der Waals surface area contributed by atoms with E-state index >= 15 is 0 Å². The lowest BCUT2D eigenvalue weighted by atomic mass is 9.85. The van der Waals surface area contributed by atoms with Crippen LogP contribution in [0.3, 0.4) is 0 Å². The van der Waals surface area contributed by atoms with Crippen molar-refractivity contribution in [3.05, 3.63) is 30.3 Å². The van der Waals surface area contributed by atoms with Crippen LogP contribution in [0.1, 0.15) is 57.8 Å². The third kappa shape index (κ3) is 7.78. The van der Waals surface area contributed by atoms with Crippen LogP contribution in [0, 0.1) is 11.8 Å². The molecule has 0 radical (unpaired) electrons. The third-order valence-corrected chi connectivity index (χ3v) is 5.71. The average Bonchev–Trinajstić information content (AvgIpc) is 2.94. The topological polar surface area (TPSA) is 110 Å². The van der Waals surface area contributed by atoms with Crippen molar-refractivity contribution >= 4 is 5.97 Å². The zero-order chi connectivity index (χ0) is 20.4. The number of aliphatic carboxylic acids is 1. The number of benzene rings is 1. The summed E-state index contributed by atoms with van der Waals surface area (Å²) >= 11 is 0. The Morgan fingerprint density at radius 1 is 1.04 bits per heavy atom. The summed E-state index contributed by atoms with van der Waals surface area (Å²) in [6, 6.07) is 9.33. The maximum absolute atomic E-state index is 10.4. The first-order valence-electron chi connectivity index (χ1n) is 10.4. The molecule has 1 aliphatic rings. The van der Waals surface area contributed by atoms with Gasteiger partial charge in [-0.25, -0.2) is 0 Å². The van der Waals surface area contributed by atoms with Crippen LogP contribution in [0.4, 0.5) is 0 Å². The summed E-state index contributed by atoms with van der Waals surface area (Å²) < 4.78 is 5.57. The number of aliphatic hydroxyl groups excluding tert-OH is 3. The molecule has 6 heteroatoms. The van der Waals surface area contributed by atoms with Crippen molar-refractivity contribution in [3.63, 3.8) is 0 Å². The molecule has 6 nitrogen and oxygen atoms in total. The van der Waals surface area contributed by atoms with Gasteiger partial charge in [0, 0.05) is 5.97 Å². The zero-order valence-corrected chi connectivity index (χ0v) is 16.4. The van der Waals surface area contributed by atoms with E-state index in [1.807, 2.05) is 30.3 Å². The Bertz CT molecular complexity index is 563. The lowest BCUT2D eigenvalue weighted by molar-refractivity contribution is -0.305. The minimum Gasteiger partial charge on any atom is -0.550 e. The summed E-state index contributed by atoms with van der Waals surface area (Å²) in [5.41, 5.74) is 0. The van der Waals surface area contributed by atoms with Gasteiger partial charge in [-0.05, 0) is 62.5 Å². The minimum absolute atomic E-state index is 0.0235. The predicted octanol–water partition coefficient (Wildman–Crippen LogP) is 1.65. The van der Waals surface area contributed by atoms with E-state index in [1.54, 1.807) is 0 Å². The molecule has 5 atom stereocenters. The van der Waals surface area contributed by atoms with Crippen LogP contribution < -0.4 is 9.84 Å². The summed E-state index contributed by atoms with van der Waals surface area (Å²) in [5.74, 6) is -0.290. The van der Waals surface area contributed by atoms with Crippen molar-refractivity contribution in [1.82, 2.24) is 0 Å². The average molecular weight is 394 g/mol. The van der Waals surface area contributed by atoms with Gasteiger partial charge in [-0.15, -0.1) is 0 Å². The van der Waals surface area contributed by atoms with Crippen LogP contribution in [0.2, 0.25) is 0 Å². The fourth-order valence-electron chi connectivity index (χ4n) is 4.16. The zero-order valence-electron chi connectivity index (χ0n) is 16.4. The van der Waals surface area contributed by atoms with E-state index in [2.05, 4.69) is 0 Å². The smallest absolute Gasteiger partial charge is 0.119 e. The lowest BCUT2D eigenvalue weighted by Gasteiger charge is -2.24. The van der Waals surface area contributed by atoms with Gasteiger partial charge in [0.1, 0.15) is 12.4 Å². The van der Waals surface area contributed by atoms with Gasteiger partial charge in [-0.2, -0.15) is 0 Å². The van der Waals surface area contributed by atoms with Gasteiger partial charge < -0.3 is 30.0 Å². The van der Waals surface area contributed by atoms with Gasteiger partial charge in [0.25, 0.3) is 0 Å². The number of aliphatic hydroxyl groups is 3. The van der Waals surface area contributed by atoms with Crippen LogP contribution in [-0.2, 0) is 4.79 Å². The Morgan fingerprint density at radius 2 is 1.68 bits per heavy atom. The summed E-state index contributed by atoms with van der Waals surface area (Å²) in [6.07, 6.45) is 4.05. The van der Waals surface area contributed by atoms with Gasteiger partial charge in [0.05, 0.1) is 18.3 Å². The first kappa shape index (κ1) is 22.7. The fourth-order valence-corrected chi connectivity index (χ4v) is 4.16. The number of ether oxygens (including phenoxy) is 1. The van der Waals surface area contributed by atoms with Gasteiger partial charge in [-0.3, -0.25) is 0 Å². The van der Waals surface area contributed by atoms with E-state index in [4.69, 9.17) is 4.74 Å². The summed E-state index contributed by atoms with van der Waals surface area (Å²) in [7, 11) is 0. The van der Waals surface area contributed by atoms with Crippen LogP contribution >= 0.6 is 0 Å². The van der Waals surface area contributed by atoms with Gasteiger partial charge in [-0.1, -0.05) is 37.5 Å². The van der Waals surface area contributed by atoms with E-state index in [1.165, 1.54) is 0 Å². The molecule has 0 aromatic heterocycles. The van der Waals surface area contributed by atoms with Crippen molar-refractivity contribution in [3.8, 4) is 5.75 Å². The molecule has 1 aromatic carbocycles. The van der Waals surface area contributed by atoms with Crippen molar-refractivity contribution in [2.45, 2.75) is 76.1 Å². The number of carboxylic acid groups (broad SMARTS) is 1. The lowest BCUT2D eigenvalue weighted by Crippen LogP contribution is -2.25. The predicted molar refractivity (Wildman–Crippen MR) is 103 cm³/mol. The van der Waals surface area contributed by atoms with Crippen molar-refractivity contribution < 1.29 is 30.0 Å². The molecular formula is C22H33O6-. The van der Waals surface area contributed by atoms with Crippen LogP contribution in [-0.4, -0.2) is 46.2 Å². The molecular weight excluding hydrogens is 360 g/mol. The molecule has 0 bridgehead atoms. The highest BCUT2D eigenvalue weighted by Crippen LogP contribution is 2.39. The fraction of sp³-hybridized carbons (Fsp3) is 0.682. The van der Waals surface area contributed by atoms with Gasteiger partial charge >= 0.3 is 0 Å². The molecule has 0 saturated heterocycles. The first-order chi connectivity index (χ1) is 13.5. The number of carbonyl (C=O) groups is 1. The second-order valence-corrected chi connectivity index (χ2v) is 7.88. The molecule has 3 N–H and O–H groups in total. The molecule has 28 heavy (non-hydrogen) atoms. The Kier molecular flexibility index (Phi) is 9.75. The largest absolute Gasteiger partial charge is 0.550 e. The maximum atomic E-state index is 10.4. The number of hydrogen-bond acceptors (Lipinski definition) is 6. The molecule has 0 aliphatic heterocycles. The molecule has 0 spiro atoms. The molecule has 1 aromatic rings. The second kappa shape index (κ2) is 12.0. The highest BCUT2D eigenvalue weighted by atomic mass is 16.5. The summed E-state index contributed by atoms with van der Waals surface area (Å²) in [5, 5.41) is 41.2. The Balaban J connectivity index is 1.69. The molecule has 1 fully saturated rings. The number of para-hydroxylation sites is 1. The maximum Gasteiger partial charge on any atom is 0.119 e. The van der Waals surface area contributed by atoms with E-state index < -0.39 is 24.3 Å². The Morgan fingerprint density at radius 3 is 2.36 bits per heavy atom. The standard InChI is InChI=1S/C22H34O6/c23-16(15-28-17-8-4-3-5-9-17)12-13-19-18(20(24)14-21(19)25)10-6-1-2-7-11-22(26)27/h3-5,8-9,16,18-21,23-25H,1-2,6-7,10-15H2,(H,26,27)/p-1/t16-,18?,19?,20+,21-/m1/s1. The number of hydrogen-bond donors (Lipinski definition) is 3. The molecule has 158 valence electrons. The molecule has 0 heterocycles. The SMILES string of the molecule is O=C([O-])CCCCCCC1C(CC[C@@H](O)COc2ccccc2)[C@H](O)C[C@@H]1O. The van der Waals surface area contributed by atoms with Crippen molar-refractivity contribution in [1.29, 1.82) is 0 Å². The van der Waals surface area contributed by atoms with Gasteiger partial charge in [0.2, 0.25) is 0 Å². The van der Waals surface area contributed by atoms with Crippen molar-refractivity contribution in [2.24, 2.45) is 11.8 Å². The Labute approximate surface area is 167 Å². The normalized spacial score (nSPS) is 25.5. The number of carboxylic acids is 1. The van der Waals surface area contributed by atoms with E-state index in [0.717, 1.165) is 31.4 Å². The minimum atomic E-state index is -1.01. The molecule has 2 unspecified atom stereocenters. The van der Waals surface area contributed by atoms with Crippen LogP contribution in [0.5, 0.6) is 5.75 Å². The van der Waals surface area contributed by atoms with Crippen LogP contribution in [0.15, 0.2) is 30.3 Å². The monoisotopic (exact) mass is 393 g/mol. The highest BCUT2D eigenvalue weighted by Gasteiger charge is 2.40. The first-order valence-corrected chi connectivity index (χ1v) is 10.4. The van der Waals surface area contributed by atoms with E-state index in [9.17, 15) is 25.2 Å². The molecule has 1 aliphatic carbocycles. The number of unbranched alkanes of at least 4 members (excludes halogenated alkanes) is 3. The summed E-state index contributed by atoms with van der Waals surface area (Å²) in [4.78, 5) is 10.4. The molecule has 2 rings (SSSR count). The van der Waals surface area contributed by atoms with E-state index in [-0.39, 0.29) is 24.9 Å². The number of rotatable bonds is 13. The molecule has 1 saturated carbocycles. The number of carbonyl (C=O) groups excluding carboxylic acids is 1. The molecule has 0 amide bonds. The quantitative estimate of drug-likeness (QED) is 0.440. The van der Waals surface area contributed by atoms with E-state index in [0.29, 0.717) is 25.7 Å². The Hall–Kier alpha value is -1.63. The van der Waals surface area contributed by atoms with Crippen LogP contribution in [0.25, 0.3) is 0 Å². The second-order valence-electron chi connectivity index (χ2n) is 7.88. The van der Waals surface area contributed by atoms with Gasteiger partial charge in [0.15, 0.2) is 0 Å². The summed E-state index contributed by atoms with van der Waals surface area (Å²) in [6.45, 7) is 0.207. The van der Waals surface area contributed by atoms with Crippen molar-refractivity contribution in [2.75, 3.05) is 6.61 Å². The highest BCUT2D eigenvalue weighted by molar-refractivity contribution is 5.64.